The van der Waals surface area contributed by atoms with Crippen molar-refractivity contribution in [2.45, 2.75) is 52.9 Å². The van der Waals surface area contributed by atoms with E-state index in [-0.39, 0.29) is 5.97 Å². The zero-order chi connectivity index (χ0) is 14.0. The highest BCUT2D eigenvalue weighted by Gasteiger charge is 2.12. The first-order valence-corrected chi connectivity index (χ1v) is 9.69. The summed E-state index contributed by atoms with van der Waals surface area (Å²) in [5.41, 5.74) is 0.485. The van der Waals surface area contributed by atoms with Gasteiger partial charge >= 0.3 is 5.97 Å². The summed E-state index contributed by atoms with van der Waals surface area (Å²) in [6.45, 7) is 5.77. The zero-order valence-electron chi connectivity index (χ0n) is 11.4. The van der Waals surface area contributed by atoms with Crippen LogP contribution in [0.5, 0.6) is 0 Å². The molecule has 0 aliphatic heterocycles. The Kier molecular flexibility index (Phi) is 11.2. The first-order chi connectivity index (χ1) is 8.33. The van der Waals surface area contributed by atoms with Gasteiger partial charge in [0.2, 0.25) is 0 Å². The SMILES string of the molecule is C=C(C)C(=O)OCCCCCCCCC([SiH3])(I)I. The summed E-state index contributed by atoms with van der Waals surface area (Å²) in [6.07, 6.45) is 8.71. The van der Waals surface area contributed by atoms with E-state index < -0.39 is 0 Å². The van der Waals surface area contributed by atoms with Gasteiger partial charge in [-0.1, -0.05) is 83.9 Å². The van der Waals surface area contributed by atoms with Gasteiger partial charge in [-0.2, -0.15) is 0 Å². The highest BCUT2D eigenvalue weighted by atomic mass is 127. The molecule has 0 spiro atoms. The van der Waals surface area contributed by atoms with E-state index >= 15 is 0 Å². The van der Waals surface area contributed by atoms with Crippen molar-refractivity contribution in [2.24, 2.45) is 0 Å². The fourth-order valence-electron chi connectivity index (χ4n) is 1.53. The zero-order valence-corrected chi connectivity index (χ0v) is 17.8. The van der Waals surface area contributed by atoms with Crippen LogP contribution in [0, 0.1) is 0 Å². The van der Waals surface area contributed by atoms with Gasteiger partial charge < -0.3 is 4.74 Å². The minimum Gasteiger partial charge on any atom is -0.462 e. The number of unbranched alkanes of at least 4 members (excludes halogenated alkanes) is 5. The second kappa shape index (κ2) is 10.6. The molecule has 0 radical (unpaired) electrons. The highest BCUT2D eigenvalue weighted by Crippen LogP contribution is 2.29. The Morgan fingerprint density at radius 1 is 1.17 bits per heavy atom. The molecule has 0 N–H and O–H groups in total. The topological polar surface area (TPSA) is 26.3 Å². The van der Waals surface area contributed by atoms with Crippen molar-refractivity contribution >= 4 is 61.4 Å². The van der Waals surface area contributed by atoms with Crippen LogP contribution in [0.2, 0.25) is 0 Å². The number of esters is 1. The van der Waals surface area contributed by atoms with Crippen molar-refractivity contribution in [2.75, 3.05) is 6.61 Å². The summed E-state index contributed by atoms with van der Waals surface area (Å²) in [6, 6.07) is 0. The minimum atomic E-state index is -0.262. The normalized spacial score (nSPS) is 11.5. The van der Waals surface area contributed by atoms with Crippen molar-refractivity contribution in [3.63, 3.8) is 0 Å². The molecule has 0 bridgehead atoms. The Labute approximate surface area is 141 Å². The van der Waals surface area contributed by atoms with E-state index in [1.165, 1.54) is 42.3 Å². The van der Waals surface area contributed by atoms with Gasteiger partial charge in [0.25, 0.3) is 0 Å². The van der Waals surface area contributed by atoms with Crippen molar-refractivity contribution in [1.82, 2.24) is 0 Å². The number of carbonyl (C=O) groups excluding carboxylic acids is 1. The monoisotopic (exact) mass is 494 g/mol. The fraction of sp³-hybridized carbons (Fsp3) is 0.769. The molecule has 0 amide bonds. The van der Waals surface area contributed by atoms with Crippen LogP contribution in [-0.4, -0.2) is 23.9 Å². The molecule has 0 aliphatic carbocycles. The predicted molar refractivity (Wildman–Crippen MR) is 98.8 cm³/mol. The Balaban J connectivity index is 3.22. The number of hydrogen-bond acceptors (Lipinski definition) is 2. The molecule has 0 heterocycles. The predicted octanol–water partition coefficient (Wildman–Crippen LogP) is 3.73. The Morgan fingerprint density at radius 2 is 1.67 bits per heavy atom. The third-order valence-corrected chi connectivity index (χ3v) is 4.17. The number of ether oxygens (including phenoxy) is 1. The molecule has 0 aromatic heterocycles. The molecule has 0 atom stereocenters. The number of halogens is 2. The van der Waals surface area contributed by atoms with E-state index in [0.29, 0.717) is 13.2 Å². The quantitative estimate of drug-likeness (QED) is 0.116. The van der Waals surface area contributed by atoms with Crippen LogP contribution < -0.4 is 0 Å². The van der Waals surface area contributed by atoms with E-state index in [2.05, 4.69) is 51.8 Å². The summed E-state index contributed by atoms with van der Waals surface area (Å²) in [7, 11) is 1.26. The molecule has 0 rings (SSSR count). The second-order valence-electron chi connectivity index (χ2n) is 4.86. The van der Waals surface area contributed by atoms with E-state index in [4.69, 9.17) is 4.74 Å². The van der Waals surface area contributed by atoms with Crippen LogP contribution in [0.3, 0.4) is 0 Å². The molecular weight excluding hydrogens is 470 g/mol. The molecule has 2 nitrogen and oxygen atoms in total. The Bertz CT molecular complexity index is 262. The largest absolute Gasteiger partial charge is 0.462 e. The summed E-state index contributed by atoms with van der Waals surface area (Å²) in [5.74, 6) is -0.262. The molecule has 0 aromatic carbocycles. The van der Waals surface area contributed by atoms with Crippen LogP contribution in [-0.2, 0) is 9.53 Å². The lowest BCUT2D eigenvalue weighted by Gasteiger charge is -2.13. The maximum absolute atomic E-state index is 11.1. The van der Waals surface area contributed by atoms with Gasteiger partial charge in [-0.05, 0) is 19.8 Å². The van der Waals surface area contributed by atoms with Gasteiger partial charge in [0.1, 0.15) is 0 Å². The first kappa shape index (κ1) is 18.9. The third-order valence-electron chi connectivity index (χ3n) is 2.59. The lowest BCUT2D eigenvalue weighted by Crippen LogP contribution is -2.09. The van der Waals surface area contributed by atoms with Crippen LogP contribution in [0.15, 0.2) is 12.2 Å². The van der Waals surface area contributed by atoms with Crippen molar-refractivity contribution in [3.05, 3.63) is 12.2 Å². The molecule has 106 valence electrons. The summed E-state index contributed by atoms with van der Waals surface area (Å²) < 4.78 is 5.59. The Hall–Kier alpha value is 0.887. The lowest BCUT2D eigenvalue weighted by molar-refractivity contribution is -0.139. The van der Waals surface area contributed by atoms with Crippen molar-refractivity contribution < 1.29 is 9.53 Å². The average Bonchev–Trinajstić information content (AvgIpc) is 2.24. The minimum absolute atomic E-state index is 0.262. The molecule has 0 fully saturated rings. The van der Waals surface area contributed by atoms with Gasteiger partial charge in [0.05, 0.1) is 7.66 Å². The van der Waals surface area contributed by atoms with Crippen LogP contribution in [0.1, 0.15) is 51.9 Å². The summed E-state index contributed by atoms with van der Waals surface area (Å²) in [5, 5.41) is 0. The van der Waals surface area contributed by atoms with Gasteiger partial charge in [0, 0.05) is 15.8 Å². The first-order valence-electron chi connectivity index (χ1n) is 6.53. The summed E-state index contributed by atoms with van der Waals surface area (Å²) in [4.78, 5) is 11.1. The standard InChI is InChI=1S/C13H24I2O2Si/c1-11(2)12(16)17-10-8-6-4-3-5-7-9-13(14,15)18/h1,3-10H2,2,18H3. The van der Waals surface area contributed by atoms with Crippen molar-refractivity contribution in [1.29, 1.82) is 0 Å². The highest BCUT2D eigenvalue weighted by molar-refractivity contribution is 14.2. The van der Waals surface area contributed by atoms with Crippen LogP contribution in [0.25, 0.3) is 0 Å². The number of carbonyl (C=O) groups is 1. The molecule has 5 heteroatoms. The maximum atomic E-state index is 11.1. The molecular formula is C13H24I2O2Si. The van der Waals surface area contributed by atoms with E-state index in [0.717, 1.165) is 12.8 Å². The van der Waals surface area contributed by atoms with Crippen LogP contribution >= 0.6 is 45.2 Å². The fourth-order valence-corrected chi connectivity index (χ4v) is 2.65. The molecule has 0 saturated heterocycles. The molecule has 0 aliphatic rings. The smallest absolute Gasteiger partial charge is 0.333 e. The molecule has 0 unspecified atom stereocenters. The lowest BCUT2D eigenvalue weighted by atomic mass is 10.1. The summed E-state index contributed by atoms with van der Waals surface area (Å²) >= 11 is 5.12. The van der Waals surface area contributed by atoms with Gasteiger partial charge in [-0.3, -0.25) is 0 Å². The average molecular weight is 494 g/mol. The van der Waals surface area contributed by atoms with E-state index in [9.17, 15) is 4.79 Å². The second-order valence-corrected chi connectivity index (χ2v) is 17.5. The number of rotatable bonds is 10. The number of hydrogen-bond donors (Lipinski definition) is 0. The van der Waals surface area contributed by atoms with E-state index in [1.807, 2.05) is 0 Å². The molecule has 18 heavy (non-hydrogen) atoms. The van der Waals surface area contributed by atoms with Crippen molar-refractivity contribution in [3.8, 4) is 0 Å². The molecule has 0 aromatic rings. The van der Waals surface area contributed by atoms with Gasteiger partial charge in [-0.25, -0.2) is 4.79 Å². The maximum Gasteiger partial charge on any atom is 0.333 e. The molecule has 0 saturated carbocycles. The van der Waals surface area contributed by atoms with Gasteiger partial charge in [0.15, 0.2) is 0 Å². The third kappa shape index (κ3) is 13.3. The van der Waals surface area contributed by atoms with Crippen LogP contribution in [0.4, 0.5) is 0 Å². The Morgan fingerprint density at radius 3 is 2.17 bits per heavy atom. The van der Waals surface area contributed by atoms with E-state index in [1.54, 1.807) is 6.92 Å². The number of alkyl halides is 2. The van der Waals surface area contributed by atoms with Gasteiger partial charge in [-0.15, -0.1) is 0 Å².